The fourth-order valence-corrected chi connectivity index (χ4v) is 3.12. The van der Waals surface area contributed by atoms with Crippen molar-refractivity contribution in [1.82, 2.24) is 19.7 Å². The number of hydrogen-bond acceptors (Lipinski definition) is 4. The Morgan fingerprint density at radius 1 is 0.900 bits per heavy atom. The van der Waals surface area contributed by atoms with Gasteiger partial charge in [-0.3, -0.25) is 0 Å². The Morgan fingerprint density at radius 2 is 1.60 bits per heavy atom. The lowest BCUT2D eigenvalue weighted by Crippen LogP contribution is -2.08. The Labute approximate surface area is 175 Å². The number of halogens is 3. The molecule has 0 aliphatic rings. The Hall–Kier alpha value is -3.39. The molecule has 0 saturated heterocycles. The van der Waals surface area contributed by atoms with Gasteiger partial charge < -0.3 is 0 Å². The molecule has 30 heavy (non-hydrogen) atoms. The molecule has 0 atom stereocenters. The molecule has 2 aromatic heterocycles. The summed E-state index contributed by atoms with van der Waals surface area (Å²) in [5.74, 6) is -3.45. The SMILES string of the molecule is Cc1cnc(-c2cccc(Cn3nc(-c4cc(F)c(F)c(F)c4)ccc3=S)c2)nc1. The van der Waals surface area contributed by atoms with Gasteiger partial charge in [0.2, 0.25) is 0 Å². The van der Waals surface area contributed by atoms with Crippen molar-refractivity contribution in [3.05, 3.63) is 94.1 Å². The lowest BCUT2D eigenvalue weighted by Gasteiger charge is -2.10. The van der Waals surface area contributed by atoms with E-state index in [1.807, 2.05) is 31.2 Å². The molecule has 4 nitrogen and oxygen atoms in total. The largest absolute Gasteiger partial charge is 0.250 e. The van der Waals surface area contributed by atoms with E-state index in [0.29, 0.717) is 17.0 Å². The topological polar surface area (TPSA) is 43.6 Å². The molecule has 0 radical (unpaired) electrons. The Morgan fingerprint density at radius 3 is 2.30 bits per heavy atom. The molecule has 0 amide bonds. The average molecular weight is 424 g/mol. The van der Waals surface area contributed by atoms with E-state index in [9.17, 15) is 13.2 Å². The van der Waals surface area contributed by atoms with Gasteiger partial charge in [0.15, 0.2) is 23.3 Å². The summed E-state index contributed by atoms with van der Waals surface area (Å²) < 4.78 is 42.4. The summed E-state index contributed by atoms with van der Waals surface area (Å²) in [7, 11) is 0. The second-order valence-corrected chi connectivity index (χ2v) is 7.17. The maximum atomic E-state index is 13.6. The number of aryl methyl sites for hydroxylation is 1. The maximum absolute atomic E-state index is 13.6. The fraction of sp³-hybridized carbons (Fsp3) is 0.0909. The average Bonchev–Trinajstić information content (AvgIpc) is 2.74. The number of aromatic nitrogens is 4. The predicted octanol–water partition coefficient (Wildman–Crippen LogP) is 5.51. The van der Waals surface area contributed by atoms with E-state index in [4.69, 9.17) is 12.2 Å². The van der Waals surface area contributed by atoms with E-state index in [2.05, 4.69) is 15.1 Å². The molecule has 0 saturated carbocycles. The molecular weight excluding hydrogens is 409 g/mol. The van der Waals surface area contributed by atoms with Crippen LogP contribution in [-0.4, -0.2) is 19.7 Å². The van der Waals surface area contributed by atoms with Crippen molar-refractivity contribution in [3.8, 4) is 22.6 Å². The third-order valence-corrected chi connectivity index (χ3v) is 4.79. The van der Waals surface area contributed by atoms with Crippen molar-refractivity contribution in [2.45, 2.75) is 13.5 Å². The van der Waals surface area contributed by atoms with E-state index < -0.39 is 17.5 Å². The van der Waals surface area contributed by atoms with E-state index in [0.717, 1.165) is 28.8 Å². The van der Waals surface area contributed by atoms with Gasteiger partial charge in [-0.2, -0.15) is 5.10 Å². The molecule has 0 spiro atoms. The molecule has 150 valence electrons. The van der Waals surface area contributed by atoms with Crippen LogP contribution in [0.1, 0.15) is 11.1 Å². The van der Waals surface area contributed by atoms with Crippen LogP contribution >= 0.6 is 12.2 Å². The Bertz CT molecular complexity index is 1260. The summed E-state index contributed by atoms with van der Waals surface area (Å²) in [6.07, 6.45) is 3.49. The third kappa shape index (κ3) is 4.13. The first-order chi connectivity index (χ1) is 14.4. The molecule has 2 heterocycles. The molecular formula is C22H15F3N4S. The highest BCUT2D eigenvalue weighted by atomic mass is 32.1. The van der Waals surface area contributed by atoms with Gasteiger partial charge >= 0.3 is 0 Å². The zero-order chi connectivity index (χ0) is 21.3. The number of benzene rings is 2. The minimum Gasteiger partial charge on any atom is -0.250 e. The van der Waals surface area contributed by atoms with Gasteiger partial charge in [-0.1, -0.05) is 30.4 Å². The lowest BCUT2D eigenvalue weighted by molar-refractivity contribution is 0.447. The first-order valence-electron chi connectivity index (χ1n) is 9.02. The summed E-state index contributed by atoms with van der Waals surface area (Å²) in [4.78, 5) is 8.67. The van der Waals surface area contributed by atoms with Crippen LogP contribution in [0.2, 0.25) is 0 Å². The second kappa shape index (κ2) is 8.16. The molecule has 8 heteroatoms. The van der Waals surface area contributed by atoms with Crippen molar-refractivity contribution in [1.29, 1.82) is 0 Å². The summed E-state index contributed by atoms with van der Waals surface area (Å²) in [5.41, 5.74) is 3.11. The number of hydrogen-bond donors (Lipinski definition) is 0. The Kier molecular flexibility index (Phi) is 5.41. The molecule has 0 bridgehead atoms. The smallest absolute Gasteiger partial charge is 0.194 e. The molecule has 4 rings (SSSR count). The van der Waals surface area contributed by atoms with Crippen LogP contribution in [0, 0.1) is 29.0 Å². The van der Waals surface area contributed by atoms with Crippen LogP contribution in [0.25, 0.3) is 22.6 Å². The van der Waals surface area contributed by atoms with E-state index >= 15 is 0 Å². The van der Waals surface area contributed by atoms with E-state index in [1.165, 1.54) is 0 Å². The molecule has 0 fully saturated rings. The highest BCUT2D eigenvalue weighted by molar-refractivity contribution is 7.71. The number of nitrogens with zero attached hydrogens (tertiary/aromatic N) is 4. The van der Waals surface area contributed by atoms with Gasteiger partial charge in [0.25, 0.3) is 0 Å². The highest BCUT2D eigenvalue weighted by Crippen LogP contribution is 2.23. The minimum atomic E-state index is -1.51. The normalized spacial score (nSPS) is 10.9. The summed E-state index contributed by atoms with van der Waals surface area (Å²) in [6, 6.07) is 12.6. The number of rotatable bonds is 4. The van der Waals surface area contributed by atoms with Crippen LogP contribution < -0.4 is 0 Å². The first kappa shape index (κ1) is 19.9. The second-order valence-electron chi connectivity index (χ2n) is 6.75. The monoisotopic (exact) mass is 424 g/mol. The molecule has 2 aromatic carbocycles. The van der Waals surface area contributed by atoms with Crippen molar-refractivity contribution < 1.29 is 13.2 Å². The van der Waals surface area contributed by atoms with Crippen molar-refractivity contribution in [3.63, 3.8) is 0 Å². The molecule has 0 aliphatic carbocycles. The Balaban J connectivity index is 1.67. The maximum Gasteiger partial charge on any atom is 0.194 e. The van der Waals surface area contributed by atoms with Gasteiger partial charge in [0, 0.05) is 23.5 Å². The molecule has 4 aromatic rings. The van der Waals surface area contributed by atoms with Crippen LogP contribution in [0.5, 0.6) is 0 Å². The van der Waals surface area contributed by atoms with Crippen LogP contribution in [0.15, 0.2) is 60.9 Å². The highest BCUT2D eigenvalue weighted by Gasteiger charge is 2.13. The van der Waals surface area contributed by atoms with Crippen molar-refractivity contribution in [2.24, 2.45) is 0 Å². The zero-order valence-electron chi connectivity index (χ0n) is 15.8. The van der Waals surface area contributed by atoms with Gasteiger partial charge in [0.1, 0.15) is 4.64 Å². The molecule has 0 aliphatic heterocycles. The van der Waals surface area contributed by atoms with Gasteiger partial charge in [-0.15, -0.1) is 0 Å². The summed E-state index contributed by atoms with van der Waals surface area (Å²) in [5, 5.41) is 4.39. The predicted molar refractivity (Wildman–Crippen MR) is 110 cm³/mol. The standard InChI is InChI=1S/C22H15F3N4S/c1-13-10-26-22(27-11-13)15-4-2-3-14(7-15)12-29-20(30)6-5-19(28-29)16-8-17(23)21(25)18(24)9-16/h2-11H,12H2,1H3. The quantitative estimate of drug-likeness (QED) is 0.320. The van der Waals surface area contributed by atoms with Gasteiger partial charge in [-0.05, 0) is 48.4 Å². The van der Waals surface area contributed by atoms with Gasteiger partial charge in [-0.25, -0.2) is 27.8 Å². The van der Waals surface area contributed by atoms with Crippen molar-refractivity contribution >= 4 is 12.2 Å². The first-order valence-corrected chi connectivity index (χ1v) is 9.42. The minimum absolute atomic E-state index is 0.122. The summed E-state index contributed by atoms with van der Waals surface area (Å²) in [6.45, 7) is 2.25. The fourth-order valence-electron chi connectivity index (χ4n) is 2.94. The van der Waals surface area contributed by atoms with E-state index in [1.54, 1.807) is 29.2 Å². The molecule has 0 N–H and O–H groups in total. The van der Waals surface area contributed by atoms with Gasteiger partial charge in [0.05, 0.1) is 12.2 Å². The van der Waals surface area contributed by atoms with Crippen LogP contribution in [-0.2, 0) is 6.54 Å². The van der Waals surface area contributed by atoms with E-state index in [-0.39, 0.29) is 11.3 Å². The van der Waals surface area contributed by atoms with Crippen LogP contribution in [0.4, 0.5) is 13.2 Å². The third-order valence-electron chi connectivity index (χ3n) is 4.44. The zero-order valence-corrected chi connectivity index (χ0v) is 16.6. The van der Waals surface area contributed by atoms with Crippen LogP contribution in [0.3, 0.4) is 0 Å². The summed E-state index contributed by atoms with van der Waals surface area (Å²) >= 11 is 5.34. The van der Waals surface area contributed by atoms with Crippen molar-refractivity contribution in [2.75, 3.05) is 0 Å². The molecule has 0 unspecified atom stereocenters. The lowest BCUT2D eigenvalue weighted by atomic mass is 10.1.